The fraction of sp³-hybridized carbons (Fsp3) is 0.577. The molecule has 0 bridgehead atoms. The van der Waals surface area contributed by atoms with Crippen molar-refractivity contribution < 1.29 is 18.0 Å². The van der Waals surface area contributed by atoms with Crippen LogP contribution in [0.5, 0.6) is 0 Å². The first kappa shape index (κ1) is 27.9. The highest BCUT2D eigenvalue weighted by molar-refractivity contribution is 7.91. The molecule has 2 aromatic rings. The Kier molecular flexibility index (Phi) is 9.13. The molecule has 1 aliphatic heterocycles. The van der Waals surface area contributed by atoms with Crippen LogP contribution in [0.2, 0.25) is 5.02 Å². The molecule has 3 heterocycles. The zero-order valence-corrected chi connectivity index (χ0v) is 23.6. The van der Waals surface area contributed by atoms with Gasteiger partial charge in [0.25, 0.3) is 5.91 Å². The molecule has 0 aromatic carbocycles. The topological polar surface area (TPSA) is 117 Å². The summed E-state index contributed by atoms with van der Waals surface area (Å²) in [4.78, 5) is 32.2. The van der Waals surface area contributed by atoms with Gasteiger partial charge in [0.1, 0.15) is 15.9 Å². The minimum Gasteiger partial charge on any atom is -0.376 e. The fourth-order valence-electron chi connectivity index (χ4n) is 5.04. The summed E-state index contributed by atoms with van der Waals surface area (Å²) in [6.07, 6.45) is 7.45. The third-order valence-corrected chi connectivity index (χ3v) is 10.5. The van der Waals surface area contributed by atoms with Gasteiger partial charge in [-0.2, -0.15) is 0 Å². The number of nitrogens with one attached hydrogen (secondary N) is 3. The number of carbonyl (C=O) groups is 2. The first-order chi connectivity index (χ1) is 17.6. The van der Waals surface area contributed by atoms with E-state index in [1.807, 2.05) is 26.0 Å². The number of rotatable bonds is 9. The van der Waals surface area contributed by atoms with Crippen LogP contribution >= 0.6 is 22.9 Å². The lowest BCUT2D eigenvalue weighted by Gasteiger charge is -2.27. The second-order valence-electron chi connectivity index (χ2n) is 10.2. The first-order valence-corrected chi connectivity index (χ1v) is 15.9. The van der Waals surface area contributed by atoms with E-state index >= 15 is 0 Å². The molecule has 0 unspecified atom stereocenters. The number of anilines is 1. The maximum Gasteiger partial charge on any atom is 0.262 e. The molecular formula is C26H35ClN4O4S2. The van der Waals surface area contributed by atoms with Crippen LogP contribution in [0.4, 0.5) is 5.69 Å². The van der Waals surface area contributed by atoms with E-state index in [2.05, 4.69) is 20.9 Å². The van der Waals surface area contributed by atoms with Crippen molar-refractivity contribution >= 4 is 50.3 Å². The third kappa shape index (κ3) is 7.67. The minimum absolute atomic E-state index is 0.0642. The molecule has 1 saturated carbocycles. The zero-order chi connectivity index (χ0) is 26.6. The Balaban J connectivity index is 1.40. The summed E-state index contributed by atoms with van der Waals surface area (Å²) in [7, 11) is -3.01. The monoisotopic (exact) mass is 566 g/mol. The predicted molar refractivity (Wildman–Crippen MR) is 148 cm³/mol. The number of thiophene rings is 1. The van der Waals surface area contributed by atoms with Crippen LogP contribution in [0.3, 0.4) is 0 Å². The standard InChI is InChI=1S/C26H35ClN4O4S2/c1-16-21(14-19(27)15-28-16)29-17(2)23-7-8-24(36-23)26(33)31-22(13-18-5-3-4-6-18)25(32)30-20-9-11-37(34,35)12-10-20/h7-8,14-15,17-18,20,22,29H,3-6,9-13H2,1-2H3,(H,30,32)(H,31,33)/t17-,22-/m0/s1. The van der Waals surface area contributed by atoms with Crippen molar-refractivity contribution in [2.24, 2.45) is 5.92 Å². The van der Waals surface area contributed by atoms with Crippen molar-refractivity contribution in [2.45, 2.75) is 76.9 Å². The van der Waals surface area contributed by atoms with E-state index in [0.29, 0.717) is 35.1 Å². The molecule has 2 fully saturated rings. The van der Waals surface area contributed by atoms with Gasteiger partial charge in [-0.3, -0.25) is 14.6 Å². The van der Waals surface area contributed by atoms with E-state index in [9.17, 15) is 18.0 Å². The number of aryl methyl sites for hydroxylation is 1. The molecule has 11 heteroatoms. The van der Waals surface area contributed by atoms with E-state index in [1.54, 1.807) is 12.3 Å². The number of aromatic nitrogens is 1. The van der Waals surface area contributed by atoms with Crippen LogP contribution in [0, 0.1) is 12.8 Å². The number of hydrogen-bond acceptors (Lipinski definition) is 7. The fourth-order valence-corrected chi connectivity index (χ4v) is 7.60. The van der Waals surface area contributed by atoms with Crippen LogP contribution in [-0.4, -0.2) is 48.8 Å². The first-order valence-electron chi connectivity index (χ1n) is 12.9. The lowest BCUT2D eigenvalue weighted by Crippen LogP contribution is -2.51. The Morgan fingerprint density at radius 3 is 2.57 bits per heavy atom. The summed E-state index contributed by atoms with van der Waals surface area (Å²) in [5.41, 5.74) is 1.67. The molecule has 37 heavy (non-hydrogen) atoms. The Morgan fingerprint density at radius 1 is 1.16 bits per heavy atom. The van der Waals surface area contributed by atoms with E-state index in [0.717, 1.165) is 41.9 Å². The van der Waals surface area contributed by atoms with Crippen molar-refractivity contribution in [3.8, 4) is 0 Å². The summed E-state index contributed by atoms with van der Waals surface area (Å²) in [5, 5.41) is 9.94. The summed E-state index contributed by atoms with van der Waals surface area (Å²) in [5.74, 6) is 0.0910. The predicted octanol–water partition coefficient (Wildman–Crippen LogP) is 4.65. The van der Waals surface area contributed by atoms with Crippen LogP contribution in [0.25, 0.3) is 0 Å². The third-order valence-electron chi connectivity index (χ3n) is 7.27. The van der Waals surface area contributed by atoms with Crippen LogP contribution < -0.4 is 16.0 Å². The second-order valence-corrected chi connectivity index (χ2v) is 14.1. The highest BCUT2D eigenvalue weighted by atomic mass is 35.5. The summed E-state index contributed by atoms with van der Waals surface area (Å²) < 4.78 is 23.5. The van der Waals surface area contributed by atoms with Crippen LogP contribution in [0.1, 0.15) is 78.2 Å². The number of pyridine rings is 1. The Hall–Kier alpha value is -2.17. The maximum atomic E-state index is 13.2. The van der Waals surface area contributed by atoms with Gasteiger partial charge in [0.05, 0.1) is 38.8 Å². The molecule has 2 atom stereocenters. The lowest BCUT2D eigenvalue weighted by molar-refractivity contribution is -0.124. The average Bonchev–Trinajstić information content (AvgIpc) is 3.55. The molecule has 1 aliphatic carbocycles. The van der Waals surface area contributed by atoms with E-state index in [-0.39, 0.29) is 35.4 Å². The van der Waals surface area contributed by atoms with Crippen molar-refractivity contribution in [3.05, 3.63) is 44.9 Å². The summed E-state index contributed by atoms with van der Waals surface area (Å²) in [6.45, 7) is 3.91. The van der Waals surface area contributed by atoms with Gasteiger partial charge in [0.2, 0.25) is 5.91 Å². The molecule has 0 radical (unpaired) electrons. The van der Waals surface area contributed by atoms with Crippen molar-refractivity contribution in [1.29, 1.82) is 0 Å². The van der Waals surface area contributed by atoms with Gasteiger partial charge in [0, 0.05) is 17.1 Å². The van der Waals surface area contributed by atoms with Gasteiger partial charge in [0.15, 0.2) is 0 Å². The summed E-state index contributed by atoms with van der Waals surface area (Å²) >= 11 is 7.47. The van der Waals surface area contributed by atoms with Gasteiger partial charge in [-0.15, -0.1) is 11.3 Å². The van der Waals surface area contributed by atoms with Gasteiger partial charge in [-0.25, -0.2) is 8.42 Å². The number of amides is 2. The second kappa shape index (κ2) is 12.1. The Bertz CT molecular complexity index is 1210. The number of hydrogen-bond donors (Lipinski definition) is 3. The number of halogens is 1. The molecule has 1 saturated heterocycles. The number of nitrogens with zero attached hydrogens (tertiary/aromatic N) is 1. The Morgan fingerprint density at radius 2 is 1.86 bits per heavy atom. The van der Waals surface area contributed by atoms with Gasteiger partial charge in [-0.05, 0) is 57.2 Å². The van der Waals surface area contributed by atoms with Crippen LogP contribution in [0.15, 0.2) is 24.4 Å². The van der Waals surface area contributed by atoms with Crippen molar-refractivity contribution in [1.82, 2.24) is 15.6 Å². The molecular weight excluding hydrogens is 532 g/mol. The molecule has 2 aromatic heterocycles. The van der Waals surface area contributed by atoms with E-state index in [4.69, 9.17) is 11.6 Å². The number of sulfone groups is 1. The molecule has 202 valence electrons. The van der Waals surface area contributed by atoms with Crippen molar-refractivity contribution in [3.63, 3.8) is 0 Å². The van der Waals surface area contributed by atoms with E-state index < -0.39 is 15.9 Å². The summed E-state index contributed by atoms with van der Waals surface area (Å²) in [6, 6.07) is 4.65. The molecule has 3 N–H and O–H groups in total. The quantitative estimate of drug-likeness (QED) is 0.407. The normalized spacial score (nSPS) is 19.8. The zero-order valence-electron chi connectivity index (χ0n) is 21.3. The SMILES string of the molecule is Cc1ncc(Cl)cc1N[C@@H](C)c1ccc(C(=O)N[C@@H](CC2CCCC2)C(=O)NC2CCS(=O)(=O)CC2)s1. The van der Waals surface area contributed by atoms with Crippen molar-refractivity contribution in [2.75, 3.05) is 16.8 Å². The van der Waals surface area contributed by atoms with Gasteiger partial charge >= 0.3 is 0 Å². The van der Waals surface area contributed by atoms with Crippen LogP contribution in [-0.2, 0) is 14.6 Å². The highest BCUT2D eigenvalue weighted by Gasteiger charge is 2.31. The lowest BCUT2D eigenvalue weighted by atomic mass is 9.97. The average molecular weight is 567 g/mol. The maximum absolute atomic E-state index is 13.2. The molecule has 2 aliphatic rings. The Labute approximate surface area is 227 Å². The highest BCUT2D eigenvalue weighted by Crippen LogP contribution is 2.30. The van der Waals surface area contributed by atoms with E-state index in [1.165, 1.54) is 11.3 Å². The molecule has 0 spiro atoms. The van der Waals surface area contributed by atoms with Gasteiger partial charge < -0.3 is 16.0 Å². The molecule has 8 nitrogen and oxygen atoms in total. The molecule has 2 amide bonds. The van der Waals surface area contributed by atoms with Gasteiger partial charge in [-0.1, -0.05) is 37.3 Å². The number of carbonyl (C=O) groups excluding carboxylic acids is 2. The molecule has 4 rings (SSSR count). The minimum atomic E-state index is -3.01. The smallest absolute Gasteiger partial charge is 0.262 e. The largest absolute Gasteiger partial charge is 0.376 e.